The van der Waals surface area contributed by atoms with Gasteiger partial charge in [0.15, 0.2) is 18.2 Å². The van der Waals surface area contributed by atoms with Crippen LogP contribution < -0.4 is 15.0 Å². The zero-order valence-corrected chi connectivity index (χ0v) is 25.9. The van der Waals surface area contributed by atoms with Gasteiger partial charge in [-0.05, 0) is 70.9 Å². The van der Waals surface area contributed by atoms with Crippen molar-refractivity contribution in [3.63, 3.8) is 0 Å². The van der Waals surface area contributed by atoms with E-state index >= 15 is 0 Å². The number of rotatable bonds is 9. The Labute approximate surface area is 257 Å². The Morgan fingerprint density at radius 3 is 2.45 bits per heavy atom. The highest BCUT2D eigenvalue weighted by Crippen LogP contribution is 2.36. The van der Waals surface area contributed by atoms with Gasteiger partial charge in [0.05, 0.1) is 30.8 Å². The highest BCUT2D eigenvalue weighted by Gasteiger charge is 2.32. The molecule has 3 heterocycles. The van der Waals surface area contributed by atoms with Gasteiger partial charge >= 0.3 is 6.09 Å². The maximum atomic E-state index is 13.8. The maximum Gasteiger partial charge on any atom is 0.420 e. The van der Waals surface area contributed by atoms with Crippen LogP contribution in [-0.2, 0) is 27.5 Å². The van der Waals surface area contributed by atoms with Crippen LogP contribution in [0.25, 0.3) is 22.5 Å². The molecular weight excluding hydrogens is 560 g/mol. The molecule has 0 saturated heterocycles. The third-order valence-electron chi connectivity index (χ3n) is 7.12. The Morgan fingerprint density at radius 2 is 1.77 bits per heavy atom. The number of carbonyl (C=O) groups is 2. The van der Waals surface area contributed by atoms with Crippen LogP contribution >= 0.6 is 0 Å². The van der Waals surface area contributed by atoms with Crippen LogP contribution in [0.1, 0.15) is 59.2 Å². The van der Waals surface area contributed by atoms with E-state index in [1.807, 2.05) is 77.9 Å². The summed E-state index contributed by atoms with van der Waals surface area (Å²) in [6.45, 7) is 11.8. The Morgan fingerprint density at radius 1 is 1.00 bits per heavy atom. The summed E-state index contributed by atoms with van der Waals surface area (Å²) >= 11 is 0. The van der Waals surface area contributed by atoms with Gasteiger partial charge in [-0.1, -0.05) is 31.2 Å². The monoisotopic (exact) mass is 598 g/mol. The molecule has 11 nitrogen and oxygen atoms in total. The van der Waals surface area contributed by atoms with Gasteiger partial charge in [-0.25, -0.2) is 19.7 Å². The Balaban J connectivity index is 1.50. The summed E-state index contributed by atoms with van der Waals surface area (Å²) in [5, 5.41) is 9.81. The van der Waals surface area contributed by atoms with Crippen molar-refractivity contribution in [3.05, 3.63) is 72.2 Å². The predicted octanol–water partition coefficient (Wildman–Crippen LogP) is 6.32. The zero-order valence-electron chi connectivity index (χ0n) is 25.9. The van der Waals surface area contributed by atoms with Gasteiger partial charge in [0.2, 0.25) is 0 Å². The number of ether oxygens (including phenoxy) is 3. The molecule has 0 bridgehead atoms. The quantitative estimate of drug-likeness (QED) is 0.229. The zero-order chi connectivity index (χ0) is 31.5. The molecule has 5 rings (SSSR count). The Bertz CT molecular complexity index is 1630. The minimum atomic E-state index is -0.744. The number of fused-ring (bicyclic) bond motifs is 1. The minimum absolute atomic E-state index is 0.127. The van der Waals surface area contributed by atoms with Gasteiger partial charge in [-0.3, -0.25) is 9.89 Å². The molecule has 0 unspecified atom stereocenters. The lowest BCUT2D eigenvalue weighted by Crippen LogP contribution is -2.44. The minimum Gasteiger partial charge on any atom is -0.484 e. The van der Waals surface area contributed by atoms with Crippen molar-refractivity contribution in [2.75, 3.05) is 11.5 Å². The predicted molar refractivity (Wildman–Crippen MR) is 166 cm³/mol. The lowest BCUT2D eigenvalue weighted by Gasteiger charge is -2.28. The van der Waals surface area contributed by atoms with Crippen molar-refractivity contribution >= 4 is 23.5 Å². The molecule has 0 saturated carbocycles. The smallest absolute Gasteiger partial charge is 0.420 e. The average molecular weight is 599 g/mol. The van der Waals surface area contributed by atoms with E-state index < -0.39 is 11.7 Å². The van der Waals surface area contributed by atoms with Gasteiger partial charge < -0.3 is 19.5 Å². The normalized spacial score (nSPS) is 12.9. The summed E-state index contributed by atoms with van der Waals surface area (Å²) in [4.78, 5) is 37.4. The molecule has 0 radical (unpaired) electrons. The molecule has 0 fully saturated rings. The van der Waals surface area contributed by atoms with E-state index in [1.165, 1.54) is 4.90 Å². The molecule has 0 aliphatic carbocycles. The second-order valence-electron chi connectivity index (χ2n) is 12.2. The first kappa shape index (κ1) is 30.7. The van der Waals surface area contributed by atoms with Crippen molar-refractivity contribution < 1.29 is 23.8 Å². The van der Waals surface area contributed by atoms with E-state index in [9.17, 15) is 9.59 Å². The third-order valence-corrected chi connectivity index (χ3v) is 7.12. The molecule has 4 aromatic rings. The second-order valence-corrected chi connectivity index (χ2v) is 12.2. The molecular formula is C33H38N6O5. The second kappa shape index (κ2) is 12.5. The fraction of sp³-hybridized carbons (Fsp3) is 0.364. The van der Waals surface area contributed by atoms with Crippen molar-refractivity contribution in [1.82, 2.24) is 25.5 Å². The molecule has 2 aromatic carbocycles. The fourth-order valence-corrected chi connectivity index (χ4v) is 4.56. The number of aromatic nitrogens is 4. The molecule has 230 valence electrons. The van der Waals surface area contributed by atoms with Crippen molar-refractivity contribution in [1.29, 1.82) is 0 Å². The Kier molecular flexibility index (Phi) is 8.68. The largest absolute Gasteiger partial charge is 0.484 e. The summed E-state index contributed by atoms with van der Waals surface area (Å²) < 4.78 is 17.4. The standard InChI is InChI=1S/C33H38N6O5/c1-7-33(5,6)38-28(40)20-43-25-10-8-9-22(15-25)29-36-27-19-42-18-26(27)30(37-29)39(31(41)44-32(2,3)4)24-13-11-21(12-14-24)23-16-34-35-17-23/h8-17H,7,18-20H2,1-6H3,(H,34,35)(H,38,40). The van der Waals surface area contributed by atoms with Crippen LogP contribution in [0.5, 0.6) is 5.75 Å². The average Bonchev–Trinajstić information content (AvgIpc) is 3.69. The van der Waals surface area contributed by atoms with E-state index in [-0.39, 0.29) is 31.3 Å². The molecule has 11 heteroatoms. The molecule has 44 heavy (non-hydrogen) atoms. The van der Waals surface area contributed by atoms with Crippen LogP contribution in [0.4, 0.5) is 16.3 Å². The fourth-order valence-electron chi connectivity index (χ4n) is 4.56. The summed E-state index contributed by atoms with van der Waals surface area (Å²) in [5.74, 6) is 1.05. The highest BCUT2D eigenvalue weighted by atomic mass is 16.6. The molecule has 2 aromatic heterocycles. The Hall–Kier alpha value is -4.77. The van der Waals surface area contributed by atoms with E-state index in [0.717, 1.165) is 17.5 Å². The molecule has 2 amide bonds. The van der Waals surface area contributed by atoms with Gasteiger partial charge in [0.25, 0.3) is 5.91 Å². The van der Waals surface area contributed by atoms with Crippen LogP contribution in [0.15, 0.2) is 60.9 Å². The topological polar surface area (TPSA) is 132 Å². The number of carbonyl (C=O) groups excluding carboxylic acids is 2. The number of hydrogen-bond acceptors (Lipinski definition) is 8. The maximum absolute atomic E-state index is 13.8. The van der Waals surface area contributed by atoms with E-state index in [2.05, 4.69) is 15.5 Å². The number of H-pyrrole nitrogens is 1. The van der Waals surface area contributed by atoms with E-state index in [1.54, 1.807) is 24.5 Å². The molecule has 1 aliphatic heterocycles. The number of aromatic amines is 1. The van der Waals surface area contributed by atoms with E-state index in [4.69, 9.17) is 24.2 Å². The van der Waals surface area contributed by atoms with Gasteiger partial charge in [0.1, 0.15) is 11.4 Å². The number of hydrogen-bond donors (Lipinski definition) is 2. The summed E-state index contributed by atoms with van der Waals surface area (Å²) in [6.07, 6.45) is 3.76. The van der Waals surface area contributed by atoms with Crippen molar-refractivity contribution in [2.45, 2.75) is 72.3 Å². The molecule has 1 aliphatic rings. The summed E-state index contributed by atoms with van der Waals surface area (Å²) in [5.41, 5.74) is 3.42. The summed E-state index contributed by atoms with van der Waals surface area (Å²) in [6, 6.07) is 14.7. The number of anilines is 2. The van der Waals surface area contributed by atoms with Crippen molar-refractivity contribution in [3.8, 4) is 28.3 Å². The first-order chi connectivity index (χ1) is 20.9. The highest BCUT2D eigenvalue weighted by molar-refractivity contribution is 5.96. The number of nitrogens with one attached hydrogen (secondary N) is 2. The lowest BCUT2D eigenvalue weighted by molar-refractivity contribution is -0.124. The van der Waals surface area contributed by atoms with Crippen LogP contribution in [-0.4, -0.2) is 49.9 Å². The van der Waals surface area contributed by atoms with Crippen LogP contribution in [0, 0.1) is 0 Å². The summed E-state index contributed by atoms with van der Waals surface area (Å²) in [7, 11) is 0. The molecule has 2 N–H and O–H groups in total. The number of nitrogens with zero attached hydrogens (tertiary/aromatic N) is 4. The first-order valence-electron chi connectivity index (χ1n) is 14.6. The lowest BCUT2D eigenvalue weighted by atomic mass is 10.0. The molecule has 0 atom stereocenters. The van der Waals surface area contributed by atoms with Crippen LogP contribution in [0.3, 0.4) is 0 Å². The van der Waals surface area contributed by atoms with E-state index in [0.29, 0.717) is 39.9 Å². The van der Waals surface area contributed by atoms with Gasteiger partial charge in [0, 0.05) is 28.4 Å². The number of benzene rings is 2. The molecule has 0 spiro atoms. The SMILES string of the molecule is CCC(C)(C)NC(=O)COc1cccc(-c2nc3c(c(N(C(=O)OC(C)(C)C)c4ccc(-c5cn[nH]c5)cc4)n2)COC3)c1. The van der Waals surface area contributed by atoms with Gasteiger partial charge in [-0.15, -0.1) is 0 Å². The van der Waals surface area contributed by atoms with Crippen molar-refractivity contribution in [2.24, 2.45) is 0 Å². The van der Waals surface area contributed by atoms with Crippen LogP contribution in [0.2, 0.25) is 0 Å². The van der Waals surface area contributed by atoms with Gasteiger partial charge in [-0.2, -0.15) is 5.10 Å². The first-order valence-corrected chi connectivity index (χ1v) is 14.6. The third kappa shape index (κ3) is 7.23. The number of amides is 2.